The van der Waals surface area contributed by atoms with E-state index in [1.54, 1.807) is 0 Å². The number of nitrogens with one attached hydrogen (secondary N) is 1. The average molecular weight is 337 g/mol. The molecule has 0 aliphatic carbocycles. The molecule has 0 aliphatic rings. The van der Waals surface area contributed by atoms with E-state index in [2.05, 4.69) is 24.4 Å². The molecule has 3 rings (SSSR count). The molecule has 25 heavy (non-hydrogen) atoms. The van der Waals surface area contributed by atoms with Crippen LogP contribution in [0.5, 0.6) is 0 Å². The second-order valence-electron chi connectivity index (χ2n) is 6.39. The Labute approximate surface area is 147 Å². The third-order valence-electron chi connectivity index (χ3n) is 4.39. The number of benzene rings is 2. The third kappa shape index (κ3) is 4.70. The first kappa shape index (κ1) is 17.2. The molecule has 0 amide bonds. The lowest BCUT2D eigenvalue weighted by molar-refractivity contribution is -0.137. The number of hydrogen-bond acceptors (Lipinski definition) is 3. The Morgan fingerprint density at radius 1 is 1.12 bits per heavy atom. The molecule has 0 bridgehead atoms. The standard InChI is InChI=1S/C21H23NO3/c1-15(20-14-17-9-5-6-10-19(17)25-20)22-18(11-12-21(23)24)13-16-7-3-2-4-8-16/h2-10,14-15,18,22H,11-13H2,1H3,(H,23,24). The Morgan fingerprint density at radius 3 is 2.56 bits per heavy atom. The second kappa shape index (κ2) is 7.99. The van der Waals surface area contributed by atoms with Crippen LogP contribution in [0, 0.1) is 0 Å². The highest BCUT2D eigenvalue weighted by atomic mass is 16.4. The number of carboxylic acids is 1. The number of rotatable bonds is 8. The smallest absolute Gasteiger partial charge is 0.303 e. The van der Waals surface area contributed by atoms with E-state index >= 15 is 0 Å². The lowest BCUT2D eigenvalue weighted by atomic mass is 10.0. The zero-order valence-corrected chi connectivity index (χ0v) is 14.3. The van der Waals surface area contributed by atoms with E-state index in [0.717, 1.165) is 23.2 Å². The highest BCUT2D eigenvalue weighted by molar-refractivity contribution is 5.77. The van der Waals surface area contributed by atoms with Crippen LogP contribution < -0.4 is 5.32 Å². The molecule has 2 atom stereocenters. The van der Waals surface area contributed by atoms with Crippen molar-refractivity contribution in [3.8, 4) is 0 Å². The Morgan fingerprint density at radius 2 is 1.84 bits per heavy atom. The van der Waals surface area contributed by atoms with E-state index < -0.39 is 5.97 Å². The van der Waals surface area contributed by atoms with Gasteiger partial charge in [-0.1, -0.05) is 48.5 Å². The van der Waals surface area contributed by atoms with Gasteiger partial charge in [0.25, 0.3) is 0 Å². The molecule has 0 fully saturated rings. The molecule has 0 saturated heterocycles. The van der Waals surface area contributed by atoms with Crippen molar-refractivity contribution in [1.82, 2.24) is 5.32 Å². The number of carbonyl (C=O) groups is 1. The van der Waals surface area contributed by atoms with Crippen molar-refractivity contribution in [2.45, 2.75) is 38.3 Å². The number of aliphatic carboxylic acids is 1. The maximum atomic E-state index is 11.0. The summed E-state index contributed by atoms with van der Waals surface area (Å²) in [6.07, 6.45) is 1.52. The van der Waals surface area contributed by atoms with Crippen LogP contribution in [0.2, 0.25) is 0 Å². The molecule has 0 aliphatic heterocycles. The van der Waals surface area contributed by atoms with Crippen molar-refractivity contribution in [3.63, 3.8) is 0 Å². The van der Waals surface area contributed by atoms with Gasteiger partial charge in [-0.2, -0.15) is 0 Å². The molecule has 2 unspecified atom stereocenters. The maximum absolute atomic E-state index is 11.0. The van der Waals surface area contributed by atoms with Crippen LogP contribution >= 0.6 is 0 Å². The summed E-state index contributed by atoms with van der Waals surface area (Å²) in [4.78, 5) is 11.0. The highest BCUT2D eigenvalue weighted by Crippen LogP contribution is 2.24. The first-order valence-corrected chi connectivity index (χ1v) is 8.62. The minimum atomic E-state index is -0.767. The molecule has 3 aromatic rings. The predicted molar refractivity (Wildman–Crippen MR) is 98.6 cm³/mol. The van der Waals surface area contributed by atoms with Gasteiger partial charge in [-0.15, -0.1) is 0 Å². The number of carboxylic acid groups (broad SMARTS) is 1. The van der Waals surface area contributed by atoms with Crippen molar-refractivity contribution in [1.29, 1.82) is 0 Å². The molecule has 1 heterocycles. The maximum Gasteiger partial charge on any atom is 0.303 e. The summed E-state index contributed by atoms with van der Waals surface area (Å²) in [5.41, 5.74) is 2.07. The third-order valence-corrected chi connectivity index (χ3v) is 4.39. The first-order chi connectivity index (χ1) is 12.1. The first-order valence-electron chi connectivity index (χ1n) is 8.62. The van der Waals surface area contributed by atoms with Gasteiger partial charge in [-0.25, -0.2) is 0 Å². The van der Waals surface area contributed by atoms with Crippen molar-refractivity contribution in [3.05, 3.63) is 72.0 Å². The average Bonchev–Trinajstić information content (AvgIpc) is 3.05. The summed E-state index contributed by atoms with van der Waals surface area (Å²) in [6.45, 7) is 2.05. The summed E-state index contributed by atoms with van der Waals surface area (Å²) in [6, 6.07) is 20.2. The summed E-state index contributed by atoms with van der Waals surface area (Å²) < 4.78 is 5.93. The molecule has 1 aromatic heterocycles. The highest BCUT2D eigenvalue weighted by Gasteiger charge is 2.18. The van der Waals surface area contributed by atoms with Gasteiger partial charge in [-0.05, 0) is 37.5 Å². The Bertz CT molecular complexity index is 792. The van der Waals surface area contributed by atoms with Crippen molar-refractivity contribution in [2.75, 3.05) is 0 Å². The fourth-order valence-corrected chi connectivity index (χ4v) is 3.09. The second-order valence-corrected chi connectivity index (χ2v) is 6.39. The van der Waals surface area contributed by atoms with Crippen molar-refractivity contribution >= 4 is 16.9 Å². The van der Waals surface area contributed by atoms with Gasteiger partial charge in [0, 0.05) is 17.8 Å². The zero-order chi connectivity index (χ0) is 17.6. The minimum Gasteiger partial charge on any atom is -0.481 e. The normalized spacial score (nSPS) is 13.6. The molecular weight excluding hydrogens is 314 g/mol. The van der Waals surface area contributed by atoms with Crippen LogP contribution in [-0.2, 0) is 11.2 Å². The quantitative estimate of drug-likeness (QED) is 0.632. The summed E-state index contributed by atoms with van der Waals surface area (Å²) in [5.74, 6) is 0.103. The molecule has 130 valence electrons. The van der Waals surface area contributed by atoms with Gasteiger partial charge in [-0.3, -0.25) is 4.79 Å². The van der Waals surface area contributed by atoms with Gasteiger partial charge >= 0.3 is 5.97 Å². The van der Waals surface area contributed by atoms with E-state index in [9.17, 15) is 4.79 Å². The molecule has 0 spiro atoms. The molecular formula is C21H23NO3. The largest absolute Gasteiger partial charge is 0.481 e. The van der Waals surface area contributed by atoms with E-state index in [1.807, 2.05) is 48.5 Å². The molecule has 2 N–H and O–H groups in total. The van der Waals surface area contributed by atoms with Crippen LogP contribution in [-0.4, -0.2) is 17.1 Å². The molecule has 4 nitrogen and oxygen atoms in total. The van der Waals surface area contributed by atoms with Gasteiger partial charge in [0.1, 0.15) is 11.3 Å². The fraction of sp³-hybridized carbons (Fsp3) is 0.286. The fourth-order valence-electron chi connectivity index (χ4n) is 3.09. The van der Waals surface area contributed by atoms with E-state index in [0.29, 0.717) is 6.42 Å². The summed E-state index contributed by atoms with van der Waals surface area (Å²) in [5, 5.41) is 13.6. The molecule has 4 heteroatoms. The van der Waals surface area contributed by atoms with Crippen LogP contribution in [0.15, 0.2) is 65.1 Å². The Balaban J connectivity index is 1.72. The lowest BCUT2D eigenvalue weighted by Crippen LogP contribution is -2.33. The molecule has 0 radical (unpaired) electrons. The topological polar surface area (TPSA) is 62.5 Å². The van der Waals surface area contributed by atoms with Gasteiger partial charge in [0.2, 0.25) is 0 Å². The lowest BCUT2D eigenvalue weighted by Gasteiger charge is -2.22. The summed E-state index contributed by atoms with van der Waals surface area (Å²) >= 11 is 0. The number of para-hydroxylation sites is 1. The Kier molecular flexibility index (Phi) is 5.51. The van der Waals surface area contributed by atoms with Gasteiger partial charge in [0.05, 0.1) is 6.04 Å². The monoisotopic (exact) mass is 337 g/mol. The predicted octanol–water partition coefficient (Wildman–Crippen LogP) is 4.56. The van der Waals surface area contributed by atoms with Gasteiger partial charge in [0.15, 0.2) is 0 Å². The molecule has 0 saturated carbocycles. The van der Waals surface area contributed by atoms with Crippen LogP contribution in [0.1, 0.15) is 37.1 Å². The SMILES string of the molecule is CC(NC(CCC(=O)O)Cc1ccccc1)c1cc2ccccc2o1. The van der Waals surface area contributed by atoms with Crippen LogP contribution in [0.3, 0.4) is 0 Å². The zero-order valence-electron chi connectivity index (χ0n) is 14.3. The number of hydrogen-bond donors (Lipinski definition) is 2. The van der Waals surface area contributed by atoms with Crippen LogP contribution in [0.25, 0.3) is 11.0 Å². The van der Waals surface area contributed by atoms with Crippen molar-refractivity contribution in [2.24, 2.45) is 0 Å². The minimum absolute atomic E-state index is 0.00917. The van der Waals surface area contributed by atoms with E-state index in [1.165, 1.54) is 5.56 Å². The number of furan rings is 1. The van der Waals surface area contributed by atoms with Crippen LogP contribution in [0.4, 0.5) is 0 Å². The Hall–Kier alpha value is -2.59. The van der Waals surface area contributed by atoms with E-state index in [4.69, 9.17) is 9.52 Å². The molecule has 2 aromatic carbocycles. The number of fused-ring (bicyclic) bond motifs is 1. The van der Waals surface area contributed by atoms with Gasteiger partial charge < -0.3 is 14.8 Å². The van der Waals surface area contributed by atoms with E-state index in [-0.39, 0.29) is 18.5 Å². The van der Waals surface area contributed by atoms with Crippen molar-refractivity contribution < 1.29 is 14.3 Å². The summed E-state index contributed by atoms with van der Waals surface area (Å²) in [7, 11) is 0.